The lowest BCUT2D eigenvalue weighted by molar-refractivity contribution is 0.122. The average molecular weight is 403 g/mol. The molecule has 0 aromatic carbocycles. The summed E-state index contributed by atoms with van der Waals surface area (Å²) in [5.41, 5.74) is 0.888. The van der Waals surface area contributed by atoms with Crippen molar-refractivity contribution in [3.05, 3.63) is 38.2 Å². The van der Waals surface area contributed by atoms with E-state index in [4.69, 9.17) is 0 Å². The van der Waals surface area contributed by atoms with Gasteiger partial charge in [0.05, 0.1) is 18.8 Å². The summed E-state index contributed by atoms with van der Waals surface area (Å²) in [7, 11) is 0. The summed E-state index contributed by atoms with van der Waals surface area (Å²) in [5, 5.41) is 15.7. The molecular formula is C20H30N6OS. The Hall–Kier alpha value is -1.64. The third kappa shape index (κ3) is 4.85. The van der Waals surface area contributed by atoms with Crippen LogP contribution in [0.25, 0.3) is 0 Å². The van der Waals surface area contributed by atoms with E-state index in [1.165, 1.54) is 17.8 Å². The summed E-state index contributed by atoms with van der Waals surface area (Å²) in [6.07, 6.45) is 2.56. The largest absolute Gasteiger partial charge is 0.299 e. The highest BCUT2D eigenvalue weighted by molar-refractivity contribution is 7.11. The molecule has 0 radical (unpaired) electrons. The monoisotopic (exact) mass is 402 g/mol. The summed E-state index contributed by atoms with van der Waals surface area (Å²) >= 11 is 1.79. The molecule has 1 saturated heterocycles. The van der Waals surface area contributed by atoms with Gasteiger partial charge in [0.25, 0.3) is 5.56 Å². The molecule has 0 bridgehead atoms. The molecule has 4 rings (SSSR count). The molecule has 0 unspecified atom stereocenters. The van der Waals surface area contributed by atoms with Crippen molar-refractivity contribution in [2.75, 3.05) is 32.7 Å². The molecule has 2 aliphatic rings. The van der Waals surface area contributed by atoms with Crippen LogP contribution in [-0.2, 0) is 18.5 Å². The van der Waals surface area contributed by atoms with E-state index in [0.29, 0.717) is 12.5 Å². The summed E-state index contributed by atoms with van der Waals surface area (Å²) < 4.78 is 1.62. The predicted molar refractivity (Wildman–Crippen MR) is 111 cm³/mol. The van der Waals surface area contributed by atoms with Crippen molar-refractivity contribution >= 4 is 11.3 Å². The van der Waals surface area contributed by atoms with Gasteiger partial charge in [-0.05, 0) is 18.9 Å². The second kappa shape index (κ2) is 8.00. The molecule has 3 heterocycles. The summed E-state index contributed by atoms with van der Waals surface area (Å²) in [5.74, 6) is 0.692. The summed E-state index contributed by atoms with van der Waals surface area (Å²) in [6.45, 7) is 12.9. The normalized spacial score (nSPS) is 19.2. The Morgan fingerprint density at radius 3 is 2.43 bits per heavy atom. The molecule has 2 fully saturated rings. The van der Waals surface area contributed by atoms with E-state index in [1.54, 1.807) is 22.1 Å². The maximum atomic E-state index is 12.1. The molecule has 0 spiro atoms. The Labute approximate surface area is 170 Å². The molecule has 2 aromatic heterocycles. The van der Waals surface area contributed by atoms with Crippen molar-refractivity contribution in [1.82, 2.24) is 29.8 Å². The van der Waals surface area contributed by atoms with E-state index in [-0.39, 0.29) is 11.0 Å². The van der Waals surface area contributed by atoms with Crippen LogP contribution in [0.4, 0.5) is 0 Å². The van der Waals surface area contributed by atoms with Gasteiger partial charge in [-0.3, -0.25) is 14.6 Å². The minimum atomic E-state index is -0.0505. The molecule has 28 heavy (non-hydrogen) atoms. The van der Waals surface area contributed by atoms with Gasteiger partial charge in [0, 0.05) is 50.1 Å². The lowest BCUT2D eigenvalue weighted by Crippen LogP contribution is -2.47. The van der Waals surface area contributed by atoms with Gasteiger partial charge in [0.1, 0.15) is 10.0 Å². The minimum absolute atomic E-state index is 0.0191. The maximum Gasteiger partial charge on any atom is 0.266 e. The van der Waals surface area contributed by atoms with E-state index < -0.39 is 0 Å². The number of rotatable bonds is 6. The molecule has 0 amide bonds. The molecule has 2 aromatic rings. The van der Waals surface area contributed by atoms with Crippen LogP contribution in [0.15, 0.2) is 16.9 Å². The maximum absolute atomic E-state index is 12.1. The van der Waals surface area contributed by atoms with Gasteiger partial charge in [-0.2, -0.15) is 5.10 Å². The molecule has 1 aliphatic carbocycles. The number of nitrogens with zero attached hydrogens (tertiary/aromatic N) is 6. The van der Waals surface area contributed by atoms with Crippen LogP contribution in [0.5, 0.6) is 0 Å². The molecule has 7 nitrogen and oxygen atoms in total. The Morgan fingerprint density at radius 2 is 1.75 bits per heavy atom. The Balaban J connectivity index is 1.26. The number of hydrogen-bond acceptors (Lipinski definition) is 7. The number of hydrogen-bond donors (Lipinski definition) is 0. The molecule has 8 heteroatoms. The minimum Gasteiger partial charge on any atom is -0.299 e. The number of piperazine rings is 1. The highest BCUT2D eigenvalue weighted by atomic mass is 32.1. The molecule has 0 N–H and O–H groups in total. The van der Waals surface area contributed by atoms with Gasteiger partial charge in [0.2, 0.25) is 0 Å². The summed E-state index contributed by atoms with van der Waals surface area (Å²) in [6, 6.07) is 3.49. The zero-order valence-electron chi connectivity index (χ0n) is 17.1. The summed E-state index contributed by atoms with van der Waals surface area (Å²) in [4.78, 5) is 17.0. The van der Waals surface area contributed by atoms with Crippen LogP contribution in [0.1, 0.15) is 55.2 Å². The van der Waals surface area contributed by atoms with Gasteiger partial charge in [-0.15, -0.1) is 10.2 Å². The van der Waals surface area contributed by atoms with Gasteiger partial charge in [-0.25, -0.2) is 4.68 Å². The van der Waals surface area contributed by atoms with E-state index >= 15 is 0 Å². The molecule has 0 atom stereocenters. The van der Waals surface area contributed by atoms with Crippen LogP contribution in [0, 0.1) is 0 Å². The highest BCUT2D eigenvalue weighted by Crippen LogP contribution is 2.41. The second-order valence-electron chi connectivity index (χ2n) is 8.96. The lowest BCUT2D eigenvalue weighted by Gasteiger charge is -2.34. The number of aromatic nitrogens is 4. The van der Waals surface area contributed by atoms with Crippen molar-refractivity contribution < 1.29 is 0 Å². The first-order chi connectivity index (χ1) is 13.4. The Morgan fingerprint density at radius 1 is 1.04 bits per heavy atom. The fourth-order valence-corrected chi connectivity index (χ4v) is 4.49. The quantitative estimate of drug-likeness (QED) is 0.737. The van der Waals surface area contributed by atoms with Gasteiger partial charge >= 0.3 is 0 Å². The van der Waals surface area contributed by atoms with Crippen LogP contribution < -0.4 is 5.56 Å². The Kier molecular flexibility index (Phi) is 5.62. The zero-order valence-corrected chi connectivity index (χ0v) is 17.9. The zero-order chi connectivity index (χ0) is 19.7. The lowest BCUT2D eigenvalue weighted by atomic mass is 9.92. The van der Waals surface area contributed by atoms with Crippen molar-refractivity contribution in [2.24, 2.45) is 0 Å². The highest BCUT2D eigenvalue weighted by Gasteiger charge is 2.28. The fraction of sp³-hybridized carbons (Fsp3) is 0.700. The average Bonchev–Trinajstić information content (AvgIpc) is 3.41. The van der Waals surface area contributed by atoms with Gasteiger partial charge < -0.3 is 0 Å². The SMILES string of the molecule is CC(C)(C)c1ccc(=O)n(CCN2CCN(Cc3nnc(C4CC4)s3)CC2)n1. The predicted octanol–water partition coefficient (Wildman–Crippen LogP) is 2.09. The van der Waals surface area contributed by atoms with Crippen molar-refractivity contribution in [2.45, 2.75) is 58.0 Å². The second-order valence-corrected chi connectivity index (χ2v) is 10.0. The van der Waals surface area contributed by atoms with Crippen LogP contribution >= 0.6 is 11.3 Å². The molecule has 152 valence electrons. The first-order valence-electron chi connectivity index (χ1n) is 10.2. The molecule has 1 aliphatic heterocycles. The van der Waals surface area contributed by atoms with Crippen LogP contribution in [-0.4, -0.2) is 62.5 Å². The molecule has 1 saturated carbocycles. The van der Waals surface area contributed by atoms with E-state index in [0.717, 1.165) is 50.0 Å². The van der Waals surface area contributed by atoms with E-state index in [1.807, 2.05) is 6.07 Å². The van der Waals surface area contributed by atoms with Crippen molar-refractivity contribution in [3.63, 3.8) is 0 Å². The standard InChI is InChI=1S/C20H30N6OS/c1-20(2,3)16-6-7-18(27)26(23-16)13-12-24-8-10-25(11-9-24)14-17-21-22-19(28-17)15-4-5-15/h6-7,15H,4-5,8-14H2,1-3H3. The fourth-order valence-electron chi connectivity index (χ4n) is 3.43. The third-order valence-electron chi connectivity index (χ3n) is 5.50. The first-order valence-corrected chi connectivity index (χ1v) is 11.1. The van der Waals surface area contributed by atoms with Gasteiger partial charge in [-0.1, -0.05) is 32.1 Å². The van der Waals surface area contributed by atoms with Crippen molar-refractivity contribution in [3.8, 4) is 0 Å². The van der Waals surface area contributed by atoms with E-state index in [2.05, 4.69) is 45.9 Å². The molecular weight excluding hydrogens is 372 g/mol. The third-order valence-corrected chi connectivity index (χ3v) is 6.57. The van der Waals surface area contributed by atoms with Gasteiger partial charge in [0.15, 0.2) is 0 Å². The van der Waals surface area contributed by atoms with Crippen LogP contribution in [0.3, 0.4) is 0 Å². The van der Waals surface area contributed by atoms with Crippen molar-refractivity contribution in [1.29, 1.82) is 0 Å². The van der Waals surface area contributed by atoms with Crippen LogP contribution in [0.2, 0.25) is 0 Å². The Bertz CT molecular complexity index is 858. The van der Waals surface area contributed by atoms with E-state index in [9.17, 15) is 4.79 Å². The first kappa shape index (κ1) is 19.7. The smallest absolute Gasteiger partial charge is 0.266 e. The topological polar surface area (TPSA) is 67.2 Å².